The third-order valence-electron chi connectivity index (χ3n) is 2.42. The number of hydrogen-bond donors (Lipinski definition) is 3. The first kappa shape index (κ1) is 16.6. The van der Waals surface area contributed by atoms with Crippen molar-refractivity contribution >= 4 is 16.2 Å². The van der Waals surface area contributed by atoms with Gasteiger partial charge in [-0.25, -0.2) is 4.72 Å². The Balaban J connectivity index is 2.77. The quantitative estimate of drug-likeness (QED) is 0.732. The lowest BCUT2D eigenvalue weighted by atomic mass is 10.00. The third-order valence-corrected chi connectivity index (χ3v) is 3.85. The minimum absolute atomic E-state index is 0.204. The summed E-state index contributed by atoms with van der Waals surface area (Å²) >= 11 is 0. The molecular formula is C13H20N2O4S. The monoisotopic (exact) mass is 300 g/mol. The predicted octanol–water partition coefficient (Wildman–Crippen LogP) is 1.08. The van der Waals surface area contributed by atoms with Crippen LogP contribution >= 0.6 is 0 Å². The van der Waals surface area contributed by atoms with Gasteiger partial charge < -0.3 is 5.11 Å². The van der Waals surface area contributed by atoms with Gasteiger partial charge in [-0.3, -0.25) is 4.79 Å². The highest BCUT2D eigenvalue weighted by molar-refractivity contribution is 7.87. The maximum Gasteiger partial charge on any atom is 0.312 e. The van der Waals surface area contributed by atoms with Gasteiger partial charge in [0, 0.05) is 12.1 Å². The second kappa shape index (κ2) is 6.34. The molecule has 0 amide bonds. The highest BCUT2D eigenvalue weighted by atomic mass is 32.2. The van der Waals surface area contributed by atoms with Crippen LogP contribution in [0.1, 0.15) is 32.3 Å². The van der Waals surface area contributed by atoms with Crippen LogP contribution in [0, 0.1) is 0 Å². The molecule has 6 nitrogen and oxygen atoms in total. The van der Waals surface area contributed by atoms with Crippen LogP contribution in [-0.4, -0.2) is 31.6 Å². The Morgan fingerprint density at radius 1 is 1.25 bits per heavy atom. The number of benzene rings is 1. The van der Waals surface area contributed by atoms with Gasteiger partial charge in [0.05, 0.1) is 5.92 Å². The molecule has 0 aliphatic carbocycles. The molecule has 7 heteroatoms. The van der Waals surface area contributed by atoms with E-state index in [0.717, 1.165) is 0 Å². The topological polar surface area (TPSA) is 95.5 Å². The number of aliphatic carboxylic acids is 1. The molecule has 0 aliphatic heterocycles. The Kier molecular flexibility index (Phi) is 5.27. The molecule has 1 unspecified atom stereocenters. The van der Waals surface area contributed by atoms with Crippen molar-refractivity contribution in [3.8, 4) is 0 Å². The summed E-state index contributed by atoms with van der Waals surface area (Å²) < 4.78 is 28.3. The van der Waals surface area contributed by atoms with E-state index >= 15 is 0 Å². The molecule has 20 heavy (non-hydrogen) atoms. The minimum Gasteiger partial charge on any atom is -0.481 e. The Hall–Kier alpha value is -1.44. The summed E-state index contributed by atoms with van der Waals surface area (Å²) in [6.07, 6.45) is 0. The van der Waals surface area contributed by atoms with Gasteiger partial charge in [0.2, 0.25) is 0 Å². The molecule has 1 aromatic rings. The normalized spacial score (nSPS) is 13.9. The maximum absolute atomic E-state index is 11.8. The van der Waals surface area contributed by atoms with E-state index in [2.05, 4.69) is 9.44 Å². The molecule has 0 fully saturated rings. The Bertz CT molecular complexity index is 549. The van der Waals surface area contributed by atoms with Crippen LogP contribution in [0.4, 0.5) is 0 Å². The summed E-state index contributed by atoms with van der Waals surface area (Å²) in [5.41, 5.74) is -0.0735. The van der Waals surface area contributed by atoms with E-state index in [4.69, 9.17) is 0 Å². The molecule has 0 radical (unpaired) electrons. The predicted molar refractivity (Wildman–Crippen MR) is 76.6 cm³/mol. The van der Waals surface area contributed by atoms with Crippen LogP contribution in [-0.2, 0) is 15.0 Å². The molecule has 0 aliphatic rings. The zero-order valence-corrected chi connectivity index (χ0v) is 12.6. The molecule has 0 spiro atoms. The van der Waals surface area contributed by atoms with Crippen molar-refractivity contribution in [1.29, 1.82) is 0 Å². The third kappa shape index (κ3) is 5.68. The van der Waals surface area contributed by atoms with Gasteiger partial charge in [-0.05, 0) is 26.3 Å². The molecule has 1 aromatic carbocycles. The molecule has 0 bridgehead atoms. The average molecular weight is 300 g/mol. The lowest BCUT2D eigenvalue weighted by Crippen LogP contribution is -2.48. The summed E-state index contributed by atoms with van der Waals surface area (Å²) in [7, 11) is -3.74. The molecular weight excluding hydrogens is 280 g/mol. The molecule has 1 rings (SSSR count). The summed E-state index contributed by atoms with van der Waals surface area (Å²) in [5.74, 6) is -2.00. The summed E-state index contributed by atoms with van der Waals surface area (Å²) in [4.78, 5) is 11.2. The van der Waals surface area contributed by atoms with E-state index in [-0.39, 0.29) is 6.54 Å². The van der Waals surface area contributed by atoms with Crippen LogP contribution in [0.15, 0.2) is 30.3 Å². The fourth-order valence-corrected chi connectivity index (χ4v) is 2.93. The van der Waals surface area contributed by atoms with Crippen molar-refractivity contribution in [2.75, 3.05) is 6.54 Å². The van der Waals surface area contributed by atoms with Crippen molar-refractivity contribution in [2.45, 2.75) is 32.2 Å². The number of carboxylic acid groups (broad SMARTS) is 1. The van der Waals surface area contributed by atoms with Gasteiger partial charge in [0.1, 0.15) is 0 Å². The summed E-state index contributed by atoms with van der Waals surface area (Å²) in [6, 6.07) is 8.52. The zero-order chi connectivity index (χ0) is 15.4. The average Bonchev–Trinajstić information content (AvgIpc) is 2.26. The van der Waals surface area contributed by atoms with Crippen molar-refractivity contribution in [3.63, 3.8) is 0 Å². The summed E-state index contributed by atoms with van der Waals surface area (Å²) in [5, 5.41) is 9.20. The number of rotatable bonds is 6. The fraction of sp³-hybridized carbons (Fsp3) is 0.462. The van der Waals surface area contributed by atoms with Gasteiger partial charge >= 0.3 is 5.97 Å². The molecule has 0 saturated carbocycles. The Morgan fingerprint density at radius 3 is 2.25 bits per heavy atom. The second-order valence-corrected chi connectivity index (χ2v) is 7.01. The second-order valence-electron chi connectivity index (χ2n) is 5.51. The number of nitrogens with one attached hydrogen (secondary N) is 2. The standard InChI is InChI=1S/C13H20N2O4S/c1-13(2,3)15-20(18,19)14-9-11(12(16)17)10-7-5-4-6-8-10/h4-8,11,14-15H,9H2,1-3H3,(H,16,17). The van der Waals surface area contributed by atoms with E-state index < -0.39 is 27.6 Å². The maximum atomic E-state index is 11.8. The van der Waals surface area contributed by atoms with Crippen LogP contribution < -0.4 is 9.44 Å². The van der Waals surface area contributed by atoms with Crippen molar-refractivity contribution < 1.29 is 18.3 Å². The summed E-state index contributed by atoms with van der Waals surface area (Å²) in [6.45, 7) is 4.92. The first-order valence-corrected chi connectivity index (χ1v) is 7.65. The molecule has 112 valence electrons. The molecule has 0 heterocycles. The number of hydrogen-bond acceptors (Lipinski definition) is 3. The number of carboxylic acids is 1. The minimum atomic E-state index is -3.74. The first-order chi connectivity index (χ1) is 9.11. The first-order valence-electron chi connectivity index (χ1n) is 6.17. The smallest absolute Gasteiger partial charge is 0.312 e. The van der Waals surface area contributed by atoms with Crippen molar-refractivity contribution in [2.24, 2.45) is 0 Å². The van der Waals surface area contributed by atoms with E-state index in [1.165, 1.54) is 0 Å². The van der Waals surface area contributed by atoms with E-state index in [1.54, 1.807) is 51.1 Å². The van der Waals surface area contributed by atoms with E-state index in [0.29, 0.717) is 5.56 Å². The van der Waals surface area contributed by atoms with Crippen LogP contribution in [0.5, 0.6) is 0 Å². The SMILES string of the molecule is CC(C)(C)NS(=O)(=O)NCC(C(=O)O)c1ccccc1. The van der Waals surface area contributed by atoms with Crippen molar-refractivity contribution in [3.05, 3.63) is 35.9 Å². The van der Waals surface area contributed by atoms with E-state index in [1.807, 2.05) is 0 Å². The van der Waals surface area contributed by atoms with Gasteiger partial charge in [0.15, 0.2) is 0 Å². The Labute approximate surface area is 119 Å². The highest BCUT2D eigenvalue weighted by Gasteiger charge is 2.24. The van der Waals surface area contributed by atoms with Crippen molar-refractivity contribution in [1.82, 2.24) is 9.44 Å². The van der Waals surface area contributed by atoms with Gasteiger partial charge in [-0.2, -0.15) is 13.1 Å². The lowest BCUT2D eigenvalue weighted by molar-refractivity contribution is -0.138. The lowest BCUT2D eigenvalue weighted by Gasteiger charge is -2.21. The van der Waals surface area contributed by atoms with Gasteiger partial charge in [0.25, 0.3) is 10.2 Å². The fourth-order valence-electron chi connectivity index (χ4n) is 1.67. The molecule has 3 N–H and O–H groups in total. The molecule has 1 atom stereocenters. The van der Waals surface area contributed by atoms with Gasteiger partial charge in [-0.15, -0.1) is 0 Å². The number of carbonyl (C=O) groups is 1. The largest absolute Gasteiger partial charge is 0.481 e. The van der Waals surface area contributed by atoms with Crippen LogP contribution in [0.25, 0.3) is 0 Å². The van der Waals surface area contributed by atoms with Crippen LogP contribution in [0.3, 0.4) is 0 Å². The molecule has 0 saturated heterocycles. The van der Waals surface area contributed by atoms with Crippen LogP contribution in [0.2, 0.25) is 0 Å². The molecule has 0 aromatic heterocycles. The van der Waals surface area contributed by atoms with Gasteiger partial charge in [-0.1, -0.05) is 30.3 Å². The van der Waals surface area contributed by atoms with E-state index in [9.17, 15) is 18.3 Å². The highest BCUT2D eigenvalue weighted by Crippen LogP contribution is 2.15. The Morgan fingerprint density at radius 2 is 1.80 bits per heavy atom. The zero-order valence-electron chi connectivity index (χ0n) is 11.8.